The zero-order valence-electron chi connectivity index (χ0n) is 19.2. The lowest BCUT2D eigenvalue weighted by Crippen LogP contribution is -2.40. The summed E-state index contributed by atoms with van der Waals surface area (Å²) in [6, 6.07) is 10.3. The van der Waals surface area contributed by atoms with Crippen molar-refractivity contribution in [3.05, 3.63) is 48.0 Å². The third kappa shape index (κ3) is 6.15. The second-order valence-electron chi connectivity index (χ2n) is 8.81. The predicted octanol–water partition coefficient (Wildman–Crippen LogP) is 2.62. The van der Waals surface area contributed by atoms with Gasteiger partial charge in [0.05, 0.1) is 18.4 Å². The Morgan fingerprint density at radius 2 is 1.64 bits per heavy atom. The number of amides is 2. The summed E-state index contributed by atoms with van der Waals surface area (Å²) in [5, 5.41) is 6.54. The topological polar surface area (TPSA) is 83.0 Å². The van der Waals surface area contributed by atoms with Crippen LogP contribution in [-0.4, -0.2) is 62.6 Å². The average Bonchev–Trinajstić information content (AvgIpc) is 3.50. The van der Waals surface area contributed by atoms with Crippen LogP contribution in [0.4, 0.5) is 0 Å². The molecule has 4 atom stereocenters. The number of imide groups is 1. The standard InChI is InChI=1S/C25H34N4O3.HI/c1-26-25(28-13-6-15-32-16-11-18-7-3-2-4-8-18)27-12-5-14-29-23(30)21-19-9-10-20(17-19)22(21)24(29)31;/h2-4,7-10,19-22H,5-6,11-17H2,1H3,(H2,26,27,28);1H. The van der Waals surface area contributed by atoms with Gasteiger partial charge in [0.2, 0.25) is 11.8 Å². The van der Waals surface area contributed by atoms with Crippen LogP contribution in [-0.2, 0) is 20.7 Å². The van der Waals surface area contributed by atoms with E-state index in [1.165, 1.54) is 10.5 Å². The monoisotopic (exact) mass is 566 g/mol. The van der Waals surface area contributed by atoms with Gasteiger partial charge >= 0.3 is 0 Å². The second-order valence-corrected chi connectivity index (χ2v) is 8.81. The Kier molecular flexibility index (Phi) is 9.73. The number of nitrogens with one attached hydrogen (secondary N) is 2. The van der Waals surface area contributed by atoms with Crippen LogP contribution >= 0.6 is 24.0 Å². The molecule has 1 aliphatic heterocycles. The summed E-state index contributed by atoms with van der Waals surface area (Å²) < 4.78 is 5.71. The minimum Gasteiger partial charge on any atom is -0.381 e. The summed E-state index contributed by atoms with van der Waals surface area (Å²) in [5.74, 6) is 1.14. The molecule has 2 aliphatic carbocycles. The third-order valence-corrected chi connectivity index (χ3v) is 6.77. The van der Waals surface area contributed by atoms with E-state index in [1.54, 1.807) is 7.05 Å². The number of halogens is 1. The minimum absolute atomic E-state index is 0. The van der Waals surface area contributed by atoms with Gasteiger partial charge in [-0.3, -0.25) is 19.5 Å². The van der Waals surface area contributed by atoms with Crippen molar-refractivity contribution in [2.75, 3.05) is 39.9 Å². The van der Waals surface area contributed by atoms with E-state index in [1.807, 2.05) is 18.2 Å². The van der Waals surface area contributed by atoms with Gasteiger partial charge in [0.15, 0.2) is 5.96 Å². The van der Waals surface area contributed by atoms with Crippen molar-refractivity contribution in [2.45, 2.75) is 25.7 Å². The molecule has 1 saturated heterocycles. The molecule has 2 amide bonds. The maximum Gasteiger partial charge on any atom is 0.233 e. The predicted molar refractivity (Wildman–Crippen MR) is 139 cm³/mol. The summed E-state index contributed by atoms with van der Waals surface area (Å²) in [5.41, 5.74) is 1.29. The summed E-state index contributed by atoms with van der Waals surface area (Å²) in [4.78, 5) is 31.1. The smallest absolute Gasteiger partial charge is 0.233 e. The van der Waals surface area contributed by atoms with Gasteiger partial charge in [0.1, 0.15) is 0 Å². The summed E-state index contributed by atoms with van der Waals surface area (Å²) in [7, 11) is 1.74. The molecule has 0 radical (unpaired) electrons. The Morgan fingerprint density at radius 3 is 2.27 bits per heavy atom. The molecule has 3 aliphatic rings. The lowest BCUT2D eigenvalue weighted by atomic mass is 9.85. The number of hydrogen-bond acceptors (Lipinski definition) is 4. The van der Waals surface area contributed by atoms with E-state index in [9.17, 15) is 9.59 Å². The normalized spacial score (nSPS) is 25.4. The van der Waals surface area contributed by atoms with Crippen LogP contribution in [0.25, 0.3) is 0 Å². The first-order valence-electron chi connectivity index (χ1n) is 11.8. The summed E-state index contributed by atoms with van der Waals surface area (Å²) in [6.07, 6.45) is 7.77. The zero-order valence-corrected chi connectivity index (χ0v) is 21.6. The second kappa shape index (κ2) is 12.5. The van der Waals surface area contributed by atoms with E-state index in [0.29, 0.717) is 26.1 Å². The quantitative estimate of drug-likeness (QED) is 0.108. The number of guanidine groups is 1. The Bertz CT molecular complexity index is 830. The van der Waals surface area contributed by atoms with Gasteiger partial charge < -0.3 is 15.4 Å². The number of carbonyl (C=O) groups is 2. The molecule has 1 heterocycles. The largest absolute Gasteiger partial charge is 0.381 e. The number of allylic oxidation sites excluding steroid dienone is 2. The molecule has 0 spiro atoms. The first kappa shape index (κ1) is 25.7. The number of aliphatic imine (C=N–C) groups is 1. The highest BCUT2D eigenvalue weighted by molar-refractivity contribution is 14.0. The molecule has 33 heavy (non-hydrogen) atoms. The van der Waals surface area contributed by atoms with Crippen LogP contribution in [0.15, 0.2) is 47.5 Å². The van der Waals surface area contributed by atoms with Crippen LogP contribution in [0, 0.1) is 23.7 Å². The molecule has 4 unspecified atom stereocenters. The maximum absolute atomic E-state index is 12.7. The Morgan fingerprint density at radius 1 is 1.00 bits per heavy atom. The van der Waals surface area contributed by atoms with E-state index < -0.39 is 0 Å². The van der Waals surface area contributed by atoms with E-state index in [2.05, 4.69) is 39.9 Å². The molecule has 1 aromatic rings. The molecule has 2 bridgehead atoms. The Balaban J connectivity index is 0.00000306. The minimum atomic E-state index is -0.102. The van der Waals surface area contributed by atoms with Crippen LogP contribution in [0.5, 0.6) is 0 Å². The first-order valence-corrected chi connectivity index (χ1v) is 11.8. The fraction of sp³-hybridized carbons (Fsp3) is 0.560. The molecule has 8 heteroatoms. The number of benzene rings is 1. The van der Waals surface area contributed by atoms with Gasteiger partial charge in [-0.15, -0.1) is 24.0 Å². The molecule has 2 fully saturated rings. The van der Waals surface area contributed by atoms with Crippen LogP contribution in [0.1, 0.15) is 24.8 Å². The van der Waals surface area contributed by atoms with Gasteiger partial charge in [-0.25, -0.2) is 0 Å². The molecule has 180 valence electrons. The van der Waals surface area contributed by atoms with Crippen molar-refractivity contribution in [3.63, 3.8) is 0 Å². The fourth-order valence-corrected chi connectivity index (χ4v) is 5.17. The van der Waals surface area contributed by atoms with Gasteiger partial charge in [-0.2, -0.15) is 0 Å². The number of hydrogen-bond donors (Lipinski definition) is 2. The van der Waals surface area contributed by atoms with Crippen molar-refractivity contribution < 1.29 is 14.3 Å². The number of carbonyl (C=O) groups excluding carboxylic acids is 2. The van der Waals surface area contributed by atoms with E-state index >= 15 is 0 Å². The fourth-order valence-electron chi connectivity index (χ4n) is 5.17. The van der Waals surface area contributed by atoms with Gasteiger partial charge in [-0.1, -0.05) is 42.5 Å². The summed E-state index contributed by atoms with van der Waals surface area (Å²) in [6.45, 7) is 3.33. The first-order chi connectivity index (χ1) is 15.7. The Labute approximate surface area is 213 Å². The highest BCUT2D eigenvalue weighted by atomic mass is 127. The maximum atomic E-state index is 12.7. The number of rotatable bonds is 11. The number of nitrogens with zero attached hydrogens (tertiary/aromatic N) is 2. The van der Waals surface area contributed by atoms with E-state index in [-0.39, 0.29) is 59.5 Å². The number of likely N-dealkylation sites (tertiary alicyclic amines) is 1. The molecule has 1 saturated carbocycles. The number of ether oxygens (including phenoxy) is 1. The molecular formula is C25H35IN4O3. The molecule has 0 aromatic heterocycles. The lowest BCUT2D eigenvalue weighted by Gasteiger charge is -2.18. The molecule has 4 rings (SSSR count). The zero-order chi connectivity index (χ0) is 22.3. The lowest BCUT2D eigenvalue weighted by molar-refractivity contribution is -0.140. The van der Waals surface area contributed by atoms with Gasteiger partial charge in [-0.05, 0) is 43.1 Å². The molecule has 7 nitrogen and oxygen atoms in total. The highest BCUT2D eigenvalue weighted by Crippen LogP contribution is 2.52. The van der Waals surface area contributed by atoms with Gasteiger partial charge in [0.25, 0.3) is 0 Å². The van der Waals surface area contributed by atoms with Crippen LogP contribution in [0.2, 0.25) is 0 Å². The van der Waals surface area contributed by atoms with Crippen LogP contribution < -0.4 is 10.6 Å². The molecule has 2 N–H and O–H groups in total. The number of fused-ring (bicyclic) bond motifs is 5. The van der Waals surface area contributed by atoms with Crippen molar-refractivity contribution in [1.82, 2.24) is 15.5 Å². The molecular weight excluding hydrogens is 531 g/mol. The van der Waals surface area contributed by atoms with Gasteiger partial charge in [0, 0.05) is 33.3 Å². The Hall–Kier alpha value is -1.94. The van der Waals surface area contributed by atoms with Crippen molar-refractivity contribution in [3.8, 4) is 0 Å². The van der Waals surface area contributed by atoms with E-state index in [4.69, 9.17) is 4.74 Å². The SMILES string of the molecule is CN=C(NCCCOCCc1ccccc1)NCCCN1C(=O)C2C3C=CC(C3)C2C1=O.I. The highest BCUT2D eigenvalue weighted by Gasteiger charge is 2.58. The van der Waals surface area contributed by atoms with Crippen molar-refractivity contribution in [2.24, 2.45) is 28.7 Å². The summed E-state index contributed by atoms with van der Waals surface area (Å²) >= 11 is 0. The van der Waals surface area contributed by atoms with E-state index in [0.717, 1.165) is 38.4 Å². The van der Waals surface area contributed by atoms with Crippen LogP contribution in [0.3, 0.4) is 0 Å². The molecule has 1 aromatic carbocycles. The third-order valence-electron chi connectivity index (χ3n) is 6.77. The van der Waals surface area contributed by atoms with Crippen molar-refractivity contribution in [1.29, 1.82) is 0 Å². The van der Waals surface area contributed by atoms with Crippen molar-refractivity contribution >= 4 is 41.8 Å². The average molecular weight is 566 g/mol.